The van der Waals surface area contributed by atoms with Crippen molar-refractivity contribution in [1.29, 1.82) is 10.5 Å². The lowest BCUT2D eigenvalue weighted by Crippen LogP contribution is -1.98. The van der Waals surface area contributed by atoms with Crippen LogP contribution in [0.3, 0.4) is 0 Å². The first-order valence-corrected chi connectivity index (χ1v) is 15.3. The van der Waals surface area contributed by atoms with Gasteiger partial charge in [-0.3, -0.25) is 0 Å². The van der Waals surface area contributed by atoms with Gasteiger partial charge >= 0.3 is 0 Å². The molecule has 0 atom stereocenters. The molecular formula is C38H20N2S2. The summed E-state index contributed by atoms with van der Waals surface area (Å²) in [6.45, 7) is 0. The van der Waals surface area contributed by atoms with Crippen molar-refractivity contribution >= 4 is 63.0 Å². The highest BCUT2D eigenvalue weighted by molar-refractivity contribution is 7.26. The Morgan fingerprint density at radius 2 is 0.929 bits per heavy atom. The van der Waals surface area contributed by atoms with Gasteiger partial charge in [-0.1, -0.05) is 84.9 Å². The number of rotatable bonds is 3. The molecule has 0 amide bonds. The molecule has 0 bridgehead atoms. The molecule has 0 aliphatic heterocycles. The van der Waals surface area contributed by atoms with Crippen molar-refractivity contribution in [1.82, 2.24) is 0 Å². The average molecular weight is 569 g/mol. The second-order valence-electron chi connectivity index (χ2n) is 10.3. The van der Waals surface area contributed by atoms with E-state index >= 15 is 0 Å². The van der Waals surface area contributed by atoms with Crippen molar-refractivity contribution in [2.24, 2.45) is 0 Å². The summed E-state index contributed by atoms with van der Waals surface area (Å²) in [5, 5.41) is 26.1. The standard InChI is InChI=1S/C38H20N2S2/c39-21-32-29(24-15-17-36-31(18-24)27-11-5-7-13-35(27)41-36)20-30(33(22-40)38(32)23-8-2-1-3-9-23)25-14-16-28-26-10-4-6-12-34(26)42-37(28)19-25/h1-20H. The molecule has 0 aliphatic rings. The van der Waals surface area contributed by atoms with Gasteiger partial charge in [-0.25, -0.2) is 0 Å². The SMILES string of the molecule is N#Cc1c(-c2ccc3c(c2)sc2ccccc23)cc(-c2ccc3sc4ccccc4c3c2)c(C#N)c1-c1ccccc1. The monoisotopic (exact) mass is 568 g/mol. The molecule has 8 aromatic rings. The summed E-state index contributed by atoms with van der Waals surface area (Å²) in [6.07, 6.45) is 0. The van der Waals surface area contributed by atoms with E-state index in [1.54, 1.807) is 22.7 Å². The molecule has 0 saturated carbocycles. The van der Waals surface area contributed by atoms with Crippen LogP contribution in [0.2, 0.25) is 0 Å². The highest BCUT2D eigenvalue weighted by Gasteiger charge is 2.22. The fourth-order valence-corrected chi connectivity index (χ4v) is 8.28. The Morgan fingerprint density at radius 3 is 1.62 bits per heavy atom. The minimum atomic E-state index is 0.517. The van der Waals surface area contributed by atoms with Crippen molar-refractivity contribution in [3.8, 4) is 45.5 Å². The van der Waals surface area contributed by atoms with E-state index in [0.29, 0.717) is 16.7 Å². The quantitative estimate of drug-likeness (QED) is 0.213. The van der Waals surface area contributed by atoms with Gasteiger partial charge in [-0.15, -0.1) is 22.7 Å². The third-order valence-electron chi connectivity index (χ3n) is 7.99. The van der Waals surface area contributed by atoms with Crippen LogP contribution in [0.25, 0.3) is 73.7 Å². The largest absolute Gasteiger partial charge is 0.192 e. The molecule has 6 aromatic carbocycles. The van der Waals surface area contributed by atoms with Gasteiger partial charge in [0, 0.05) is 57.0 Å². The van der Waals surface area contributed by atoms with E-state index in [9.17, 15) is 10.5 Å². The van der Waals surface area contributed by atoms with Crippen molar-refractivity contribution in [3.05, 3.63) is 132 Å². The molecule has 42 heavy (non-hydrogen) atoms. The number of fused-ring (bicyclic) bond motifs is 6. The highest BCUT2D eigenvalue weighted by Crippen LogP contribution is 2.44. The third-order valence-corrected chi connectivity index (χ3v) is 10.3. The fraction of sp³-hybridized carbons (Fsp3) is 0. The molecule has 194 valence electrons. The molecule has 0 radical (unpaired) electrons. The molecular weight excluding hydrogens is 549 g/mol. The fourth-order valence-electron chi connectivity index (χ4n) is 6.05. The average Bonchev–Trinajstić information content (AvgIpc) is 3.61. The van der Waals surface area contributed by atoms with E-state index in [1.165, 1.54) is 40.3 Å². The maximum Gasteiger partial charge on any atom is 0.100 e. The summed E-state index contributed by atoms with van der Waals surface area (Å²) in [4.78, 5) is 0. The van der Waals surface area contributed by atoms with Crippen LogP contribution in [-0.2, 0) is 0 Å². The molecule has 2 heterocycles. The Labute approximate surface area is 250 Å². The van der Waals surface area contributed by atoms with Gasteiger partial charge in [0.2, 0.25) is 0 Å². The van der Waals surface area contributed by atoms with Gasteiger partial charge in [-0.05, 0) is 53.1 Å². The molecule has 0 spiro atoms. The summed E-state index contributed by atoms with van der Waals surface area (Å²) < 4.78 is 4.88. The topological polar surface area (TPSA) is 47.6 Å². The van der Waals surface area contributed by atoms with Gasteiger partial charge in [0.1, 0.15) is 12.1 Å². The summed E-state index contributed by atoms with van der Waals surface area (Å²) in [5.74, 6) is 0. The lowest BCUT2D eigenvalue weighted by molar-refractivity contribution is 1.43. The zero-order valence-electron chi connectivity index (χ0n) is 22.3. The third kappa shape index (κ3) is 3.75. The number of hydrogen-bond donors (Lipinski definition) is 0. The van der Waals surface area contributed by atoms with E-state index in [1.807, 2.05) is 36.4 Å². The predicted octanol–water partition coefficient (Wildman–Crippen LogP) is 11.2. The maximum atomic E-state index is 10.6. The van der Waals surface area contributed by atoms with Gasteiger partial charge in [0.25, 0.3) is 0 Å². The van der Waals surface area contributed by atoms with Crippen LogP contribution in [0.4, 0.5) is 0 Å². The van der Waals surface area contributed by atoms with Crippen LogP contribution in [0.1, 0.15) is 11.1 Å². The number of benzene rings is 6. The molecule has 2 nitrogen and oxygen atoms in total. The molecule has 4 heteroatoms. The normalized spacial score (nSPS) is 11.3. The first-order valence-electron chi connectivity index (χ1n) is 13.6. The van der Waals surface area contributed by atoms with Gasteiger partial charge in [-0.2, -0.15) is 10.5 Å². The Kier molecular flexibility index (Phi) is 5.66. The summed E-state index contributed by atoms with van der Waals surface area (Å²) in [6, 6.07) is 46.7. The second-order valence-corrected chi connectivity index (χ2v) is 12.5. The molecule has 2 aromatic heterocycles. The van der Waals surface area contributed by atoms with Gasteiger partial charge < -0.3 is 0 Å². The van der Waals surface area contributed by atoms with Crippen LogP contribution in [-0.4, -0.2) is 0 Å². The number of nitriles is 2. The first kappa shape index (κ1) is 24.5. The van der Waals surface area contributed by atoms with E-state index in [2.05, 4.69) is 97.1 Å². The minimum absolute atomic E-state index is 0.517. The van der Waals surface area contributed by atoms with Crippen LogP contribution in [0, 0.1) is 22.7 Å². The Bertz CT molecular complexity index is 2430. The summed E-state index contributed by atoms with van der Waals surface area (Å²) >= 11 is 3.54. The number of nitrogens with zero attached hydrogens (tertiary/aromatic N) is 2. The van der Waals surface area contributed by atoms with Crippen LogP contribution in [0.15, 0.2) is 121 Å². The summed E-state index contributed by atoms with van der Waals surface area (Å²) in [5.41, 5.74) is 6.17. The van der Waals surface area contributed by atoms with Gasteiger partial charge in [0.15, 0.2) is 0 Å². The Hall–Kier alpha value is -5.26. The highest BCUT2D eigenvalue weighted by atomic mass is 32.1. The molecule has 0 aliphatic carbocycles. The molecule has 0 N–H and O–H groups in total. The molecule has 0 fully saturated rings. The smallest absolute Gasteiger partial charge is 0.100 e. The zero-order chi connectivity index (χ0) is 28.2. The van der Waals surface area contributed by atoms with Crippen molar-refractivity contribution in [3.63, 3.8) is 0 Å². The lowest BCUT2D eigenvalue weighted by Gasteiger charge is -2.17. The second kappa shape index (κ2) is 9.68. The van der Waals surface area contributed by atoms with Crippen molar-refractivity contribution < 1.29 is 0 Å². The van der Waals surface area contributed by atoms with Crippen LogP contribution >= 0.6 is 22.7 Å². The minimum Gasteiger partial charge on any atom is -0.192 e. The Balaban J connectivity index is 1.45. The maximum absolute atomic E-state index is 10.6. The Morgan fingerprint density at radius 1 is 0.405 bits per heavy atom. The van der Waals surface area contributed by atoms with E-state index in [0.717, 1.165) is 27.8 Å². The van der Waals surface area contributed by atoms with Crippen LogP contribution < -0.4 is 0 Å². The number of thiophene rings is 2. The number of hydrogen-bond acceptors (Lipinski definition) is 4. The van der Waals surface area contributed by atoms with E-state index < -0.39 is 0 Å². The molecule has 0 unspecified atom stereocenters. The molecule has 8 rings (SSSR count). The van der Waals surface area contributed by atoms with Gasteiger partial charge in [0.05, 0.1) is 11.1 Å². The van der Waals surface area contributed by atoms with E-state index in [4.69, 9.17) is 0 Å². The van der Waals surface area contributed by atoms with Crippen molar-refractivity contribution in [2.45, 2.75) is 0 Å². The van der Waals surface area contributed by atoms with Crippen molar-refractivity contribution in [2.75, 3.05) is 0 Å². The zero-order valence-corrected chi connectivity index (χ0v) is 23.9. The van der Waals surface area contributed by atoms with Crippen LogP contribution in [0.5, 0.6) is 0 Å². The van der Waals surface area contributed by atoms with E-state index in [-0.39, 0.29) is 0 Å². The summed E-state index contributed by atoms with van der Waals surface area (Å²) in [7, 11) is 0. The molecule has 0 saturated heterocycles. The predicted molar refractivity (Wildman–Crippen MR) is 178 cm³/mol. The lowest BCUT2D eigenvalue weighted by atomic mass is 9.84. The first-order chi connectivity index (χ1) is 20.7.